The molecule has 0 bridgehead atoms. The van der Waals surface area contributed by atoms with E-state index >= 15 is 0 Å². The van der Waals surface area contributed by atoms with Crippen molar-refractivity contribution in [3.8, 4) is 6.07 Å². The number of methoxy groups -OCH3 is 1. The molecule has 0 aliphatic rings. The summed E-state index contributed by atoms with van der Waals surface area (Å²) in [6.45, 7) is 3.87. The highest BCUT2D eigenvalue weighted by atomic mass is 16.5. The van der Waals surface area contributed by atoms with Gasteiger partial charge in [0.2, 0.25) is 0 Å². The fraction of sp³-hybridized carbons (Fsp3) is 0.583. The van der Waals surface area contributed by atoms with Crippen molar-refractivity contribution in [3.63, 3.8) is 0 Å². The number of nitrogens with two attached hydrogens (primary N) is 1. The summed E-state index contributed by atoms with van der Waals surface area (Å²) in [7, 11) is 1.65. The van der Waals surface area contributed by atoms with Gasteiger partial charge in [-0.1, -0.05) is 6.92 Å². The third kappa shape index (κ3) is 4.05. The van der Waals surface area contributed by atoms with Gasteiger partial charge in [0.1, 0.15) is 18.0 Å². The van der Waals surface area contributed by atoms with Gasteiger partial charge in [-0.15, -0.1) is 0 Å². The van der Waals surface area contributed by atoms with Crippen molar-refractivity contribution in [2.24, 2.45) is 5.84 Å². The minimum atomic E-state index is 0.433. The predicted octanol–water partition coefficient (Wildman–Crippen LogP) is 0.691. The summed E-state index contributed by atoms with van der Waals surface area (Å²) in [5.41, 5.74) is 3.52. The summed E-state index contributed by atoms with van der Waals surface area (Å²) < 4.78 is 5.10. The zero-order valence-corrected chi connectivity index (χ0v) is 11.4. The van der Waals surface area contributed by atoms with Gasteiger partial charge in [-0.3, -0.25) is 0 Å². The average Bonchev–Trinajstić information content (AvgIpc) is 2.46. The van der Waals surface area contributed by atoms with Gasteiger partial charge in [0, 0.05) is 25.8 Å². The molecule has 1 aromatic heterocycles. The van der Waals surface area contributed by atoms with Gasteiger partial charge in [-0.05, 0) is 6.42 Å². The molecule has 0 amide bonds. The maximum atomic E-state index is 8.74. The van der Waals surface area contributed by atoms with Gasteiger partial charge >= 0.3 is 0 Å². The van der Waals surface area contributed by atoms with Crippen LogP contribution >= 0.6 is 0 Å². The maximum Gasteiger partial charge on any atom is 0.148 e. The first-order chi connectivity index (χ1) is 9.28. The highest BCUT2D eigenvalue weighted by Crippen LogP contribution is 2.23. The SMILES string of the molecule is CCc1c(NN)ncnc1N(CCC#N)CCOC. The summed E-state index contributed by atoms with van der Waals surface area (Å²) >= 11 is 0. The van der Waals surface area contributed by atoms with Crippen LogP contribution in [0.15, 0.2) is 6.33 Å². The number of hydrogen-bond donors (Lipinski definition) is 2. The standard InChI is InChI=1S/C12H20N6O/c1-3-10-11(17-14)15-9-16-12(10)18(6-4-5-13)7-8-19-2/h9H,3-4,6-8,14H2,1-2H3,(H,15,16,17). The van der Waals surface area contributed by atoms with Crippen LogP contribution < -0.4 is 16.2 Å². The average molecular weight is 264 g/mol. The lowest BCUT2D eigenvalue weighted by molar-refractivity contribution is 0.205. The molecule has 0 aromatic carbocycles. The number of ether oxygens (including phenoxy) is 1. The maximum absolute atomic E-state index is 8.74. The molecule has 3 N–H and O–H groups in total. The monoisotopic (exact) mass is 264 g/mol. The van der Waals surface area contributed by atoms with Crippen LogP contribution in [0.5, 0.6) is 0 Å². The van der Waals surface area contributed by atoms with E-state index in [1.165, 1.54) is 6.33 Å². The van der Waals surface area contributed by atoms with Gasteiger partial charge in [0.15, 0.2) is 0 Å². The van der Waals surface area contributed by atoms with E-state index in [0.717, 1.165) is 17.8 Å². The molecule has 0 saturated carbocycles. The molecule has 7 nitrogen and oxygen atoms in total. The van der Waals surface area contributed by atoms with Crippen LogP contribution in [0.1, 0.15) is 18.9 Å². The lowest BCUT2D eigenvalue weighted by atomic mass is 10.2. The molecule has 0 saturated heterocycles. The summed E-state index contributed by atoms with van der Waals surface area (Å²) in [5, 5.41) is 8.74. The number of hydrogen-bond acceptors (Lipinski definition) is 7. The molecule has 0 fully saturated rings. The topological polar surface area (TPSA) is 100 Å². The molecular formula is C12H20N6O. The lowest BCUT2D eigenvalue weighted by Gasteiger charge is -2.25. The summed E-state index contributed by atoms with van der Waals surface area (Å²) in [6, 6.07) is 2.14. The third-order valence-corrected chi connectivity index (χ3v) is 2.77. The Kier molecular flexibility index (Phi) is 6.57. The lowest BCUT2D eigenvalue weighted by Crippen LogP contribution is -2.30. The highest BCUT2D eigenvalue weighted by molar-refractivity contribution is 5.58. The van der Waals surface area contributed by atoms with Gasteiger partial charge in [-0.2, -0.15) is 5.26 Å². The van der Waals surface area contributed by atoms with Crippen LogP contribution in [-0.4, -0.2) is 36.8 Å². The Hall–Kier alpha value is -1.91. The van der Waals surface area contributed by atoms with E-state index in [-0.39, 0.29) is 0 Å². The van der Waals surface area contributed by atoms with E-state index in [2.05, 4.69) is 21.5 Å². The second-order valence-electron chi connectivity index (χ2n) is 3.91. The predicted molar refractivity (Wildman–Crippen MR) is 73.5 cm³/mol. The molecule has 0 spiro atoms. The smallest absolute Gasteiger partial charge is 0.148 e. The Morgan fingerprint density at radius 1 is 1.47 bits per heavy atom. The van der Waals surface area contributed by atoms with Crippen molar-refractivity contribution in [1.29, 1.82) is 5.26 Å². The molecule has 19 heavy (non-hydrogen) atoms. The van der Waals surface area contributed by atoms with E-state index in [9.17, 15) is 0 Å². The molecule has 0 unspecified atom stereocenters. The van der Waals surface area contributed by atoms with Crippen molar-refractivity contribution < 1.29 is 4.74 Å². The Labute approximate surface area is 113 Å². The summed E-state index contributed by atoms with van der Waals surface area (Å²) in [4.78, 5) is 10.4. The number of rotatable bonds is 8. The van der Waals surface area contributed by atoms with E-state index in [1.807, 2.05) is 11.8 Å². The number of anilines is 2. The van der Waals surface area contributed by atoms with E-state index < -0.39 is 0 Å². The van der Waals surface area contributed by atoms with Crippen molar-refractivity contribution in [1.82, 2.24) is 9.97 Å². The zero-order chi connectivity index (χ0) is 14.1. The second-order valence-corrected chi connectivity index (χ2v) is 3.91. The molecule has 1 heterocycles. The van der Waals surface area contributed by atoms with Gasteiger partial charge in [0.25, 0.3) is 0 Å². The van der Waals surface area contributed by atoms with Gasteiger partial charge < -0.3 is 15.1 Å². The number of nitrogens with one attached hydrogen (secondary N) is 1. The van der Waals surface area contributed by atoms with Crippen molar-refractivity contribution >= 4 is 11.6 Å². The molecule has 0 aliphatic carbocycles. The van der Waals surface area contributed by atoms with Gasteiger partial charge in [0.05, 0.1) is 19.1 Å². The number of hydrazine groups is 1. The Morgan fingerprint density at radius 2 is 2.26 bits per heavy atom. The molecule has 0 aliphatic heterocycles. The van der Waals surface area contributed by atoms with Crippen molar-refractivity contribution in [2.45, 2.75) is 19.8 Å². The van der Waals surface area contributed by atoms with Crippen LogP contribution in [0.4, 0.5) is 11.6 Å². The van der Waals surface area contributed by atoms with Crippen LogP contribution in [0.25, 0.3) is 0 Å². The molecule has 0 atom stereocenters. The Balaban J connectivity index is 3.02. The third-order valence-electron chi connectivity index (χ3n) is 2.77. The quantitative estimate of drug-likeness (QED) is 0.526. The number of aromatic nitrogens is 2. The largest absolute Gasteiger partial charge is 0.383 e. The van der Waals surface area contributed by atoms with Gasteiger partial charge in [-0.25, -0.2) is 15.8 Å². The normalized spacial score (nSPS) is 10.0. The summed E-state index contributed by atoms with van der Waals surface area (Å²) in [6.07, 6.45) is 2.66. The number of nitrogen functional groups attached to an aromatic ring is 1. The van der Waals surface area contributed by atoms with E-state index in [4.69, 9.17) is 15.8 Å². The van der Waals surface area contributed by atoms with E-state index in [0.29, 0.717) is 31.9 Å². The van der Waals surface area contributed by atoms with Crippen molar-refractivity contribution in [2.75, 3.05) is 37.1 Å². The molecule has 1 rings (SSSR count). The van der Waals surface area contributed by atoms with Crippen LogP contribution in [0, 0.1) is 11.3 Å². The van der Waals surface area contributed by atoms with Crippen LogP contribution in [0.2, 0.25) is 0 Å². The number of nitrogens with zero attached hydrogens (tertiary/aromatic N) is 4. The Morgan fingerprint density at radius 3 is 2.84 bits per heavy atom. The van der Waals surface area contributed by atoms with Crippen LogP contribution in [-0.2, 0) is 11.2 Å². The first kappa shape index (κ1) is 15.1. The van der Waals surface area contributed by atoms with Crippen LogP contribution in [0.3, 0.4) is 0 Å². The highest BCUT2D eigenvalue weighted by Gasteiger charge is 2.15. The minimum Gasteiger partial charge on any atom is -0.383 e. The second kappa shape index (κ2) is 8.24. The zero-order valence-electron chi connectivity index (χ0n) is 11.4. The summed E-state index contributed by atoms with van der Waals surface area (Å²) in [5.74, 6) is 6.88. The molecule has 1 aromatic rings. The fourth-order valence-electron chi connectivity index (χ4n) is 1.84. The van der Waals surface area contributed by atoms with Crippen molar-refractivity contribution in [3.05, 3.63) is 11.9 Å². The fourth-order valence-corrected chi connectivity index (χ4v) is 1.84. The molecule has 7 heteroatoms. The first-order valence-corrected chi connectivity index (χ1v) is 6.19. The number of nitriles is 1. The Bertz CT molecular complexity index is 431. The first-order valence-electron chi connectivity index (χ1n) is 6.19. The van der Waals surface area contributed by atoms with E-state index in [1.54, 1.807) is 7.11 Å². The molecule has 0 radical (unpaired) electrons. The molecular weight excluding hydrogens is 244 g/mol. The molecule has 104 valence electrons. The minimum absolute atomic E-state index is 0.433.